The Morgan fingerprint density at radius 1 is 0.649 bits per heavy atom. The zero-order chi connectivity index (χ0) is 27.5. The minimum atomic E-state index is -4.71. The lowest BCUT2D eigenvalue weighted by atomic mass is 10.0. The van der Waals surface area contributed by atoms with Crippen LogP contribution in [0, 0.1) is 0 Å². The largest absolute Gasteiger partial charge is 0.435 e. The number of benzene rings is 1. The molecule has 210 valence electrons. The molecule has 10 heteroatoms. The van der Waals surface area contributed by atoms with Crippen molar-refractivity contribution >= 4 is 23.2 Å². The first-order valence-electron chi connectivity index (χ1n) is 13.2. The average molecular weight is 573 g/mol. The predicted octanol–water partition coefficient (Wildman–Crippen LogP) is 11.2. The van der Waals surface area contributed by atoms with Crippen LogP contribution in [0.5, 0.6) is 0 Å². The van der Waals surface area contributed by atoms with Crippen molar-refractivity contribution in [2.45, 2.75) is 116 Å². The van der Waals surface area contributed by atoms with Crippen molar-refractivity contribution in [1.29, 1.82) is 0 Å². The van der Waals surface area contributed by atoms with Gasteiger partial charge in [0.05, 0.1) is 15.6 Å². The molecule has 1 aromatic heterocycles. The molecule has 0 unspecified atom stereocenters. The molecule has 0 amide bonds. The standard InChI is InChI=1S/C27H36Cl2F6N2/c1-2-3-4-5-6-7-8-9-10-11-12-13-14-15-16-21-19-24(27(33,34)35)36-37(21)25-22(28)17-20(18-23(25)29)26(30,31)32/h17-19H,2-16H2,1H3. The number of rotatable bonds is 16. The number of nitrogens with zero attached hydrogens (tertiary/aromatic N) is 2. The van der Waals surface area contributed by atoms with Gasteiger partial charge in [0.25, 0.3) is 0 Å². The number of alkyl halides is 6. The summed E-state index contributed by atoms with van der Waals surface area (Å²) in [6, 6.07) is 2.20. The van der Waals surface area contributed by atoms with E-state index in [0.717, 1.165) is 36.4 Å². The summed E-state index contributed by atoms with van der Waals surface area (Å²) >= 11 is 12.1. The van der Waals surface area contributed by atoms with Gasteiger partial charge in [0.1, 0.15) is 5.69 Å². The Bertz CT molecular complexity index is 930. The lowest BCUT2D eigenvalue weighted by molar-refractivity contribution is -0.141. The summed E-state index contributed by atoms with van der Waals surface area (Å²) < 4.78 is 80.1. The van der Waals surface area contributed by atoms with E-state index in [1.807, 2.05) is 0 Å². The third-order valence-corrected chi connectivity index (χ3v) is 6.99. The number of unbranched alkanes of at least 4 members (excludes halogenated alkanes) is 13. The van der Waals surface area contributed by atoms with E-state index in [-0.39, 0.29) is 17.8 Å². The van der Waals surface area contributed by atoms with E-state index in [4.69, 9.17) is 23.2 Å². The van der Waals surface area contributed by atoms with Gasteiger partial charge in [-0.3, -0.25) is 0 Å². The average Bonchev–Trinajstić information content (AvgIpc) is 3.22. The number of halogens is 8. The molecule has 0 spiro atoms. The Hall–Kier alpha value is -1.41. The van der Waals surface area contributed by atoms with Crippen LogP contribution < -0.4 is 0 Å². The lowest BCUT2D eigenvalue weighted by Gasteiger charge is -2.14. The minimum Gasteiger partial charge on any atom is -0.234 e. The van der Waals surface area contributed by atoms with Gasteiger partial charge in [0.2, 0.25) is 0 Å². The van der Waals surface area contributed by atoms with Crippen LogP contribution in [0.1, 0.15) is 114 Å². The van der Waals surface area contributed by atoms with E-state index in [9.17, 15) is 26.3 Å². The zero-order valence-corrected chi connectivity index (χ0v) is 22.8. The Morgan fingerprint density at radius 2 is 1.08 bits per heavy atom. The van der Waals surface area contributed by atoms with Crippen molar-refractivity contribution in [3.8, 4) is 5.69 Å². The van der Waals surface area contributed by atoms with Gasteiger partial charge in [0.15, 0.2) is 5.69 Å². The topological polar surface area (TPSA) is 17.8 Å². The van der Waals surface area contributed by atoms with Crippen LogP contribution >= 0.6 is 23.2 Å². The van der Waals surface area contributed by atoms with Gasteiger partial charge in [-0.25, -0.2) is 4.68 Å². The predicted molar refractivity (Wildman–Crippen MR) is 138 cm³/mol. The van der Waals surface area contributed by atoms with E-state index in [1.165, 1.54) is 57.8 Å². The fraction of sp³-hybridized carbons (Fsp3) is 0.667. The highest BCUT2D eigenvalue weighted by atomic mass is 35.5. The molecule has 0 N–H and O–H groups in total. The number of aryl methyl sites for hydroxylation is 1. The maximum Gasteiger partial charge on any atom is 0.435 e. The molecule has 2 aromatic rings. The third-order valence-electron chi connectivity index (χ3n) is 6.42. The maximum atomic E-state index is 13.3. The number of hydrogen-bond donors (Lipinski definition) is 0. The van der Waals surface area contributed by atoms with Crippen molar-refractivity contribution in [3.63, 3.8) is 0 Å². The summed E-state index contributed by atoms with van der Waals surface area (Å²) in [6.07, 6.45) is 7.07. The first-order chi connectivity index (χ1) is 17.4. The van der Waals surface area contributed by atoms with E-state index < -0.39 is 33.7 Å². The molecular formula is C27H36Cl2F6N2. The number of aromatic nitrogens is 2. The normalized spacial score (nSPS) is 12.5. The Morgan fingerprint density at radius 3 is 1.49 bits per heavy atom. The molecule has 1 aromatic carbocycles. The zero-order valence-electron chi connectivity index (χ0n) is 21.3. The highest BCUT2D eigenvalue weighted by Gasteiger charge is 2.36. The molecule has 0 aliphatic carbocycles. The molecule has 0 aliphatic rings. The summed E-state index contributed by atoms with van der Waals surface area (Å²) in [6.45, 7) is 2.22. The van der Waals surface area contributed by atoms with Crippen LogP contribution in [0.3, 0.4) is 0 Å². The van der Waals surface area contributed by atoms with Crippen molar-refractivity contribution in [2.24, 2.45) is 0 Å². The summed E-state index contributed by atoms with van der Waals surface area (Å²) in [5, 5.41) is 2.76. The minimum absolute atomic E-state index is 0.188. The maximum absolute atomic E-state index is 13.3. The first kappa shape index (κ1) is 31.8. The smallest absolute Gasteiger partial charge is 0.234 e. The van der Waals surface area contributed by atoms with Crippen LogP contribution in [0.2, 0.25) is 10.0 Å². The molecule has 0 saturated heterocycles. The van der Waals surface area contributed by atoms with Crippen molar-refractivity contribution in [1.82, 2.24) is 9.78 Å². The van der Waals surface area contributed by atoms with Crippen LogP contribution in [0.25, 0.3) is 5.69 Å². The molecule has 0 radical (unpaired) electrons. The Balaban J connectivity index is 1.87. The van der Waals surface area contributed by atoms with Gasteiger partial charge in [-0.15, -0.1) is 0 Å². The third kappa shape index (κ3) is 10.7. The second-order valence-corrected chi connectivity index (χ2v) is 10.4. The van der Waals surface area contributed by atoms with Crippen LogP contribution in [0.15, 0.2) is 18.2 Å². The molecule has 37 heavy (non-hydrogen) atoms. The van der Waals surface area contributed by atoms with Crippen LogP contribution in [-0.2, 0) is 18.8 Å². The van der Waals surface area contributed by atoms with Crippen molar-refractivity contribution < 1.29 is 26.3 Å². The highest BCUT2D eigenvalue weighted by Crippen LogP contribution is 2.39. The molecule has 0 saturated carbocycles. The van der Waals surface area contributed by atoms with E-state index in [2.05, 4.69) is 12.0 Å². The van der Waals surface area contributed by atoms with Gasteiger partial charge in [-0.1, -0.05) is 114 Å². The van der Waals surface area contributed by atoms with Crippen molar-refractivity contribution in [3.05, 3.63) is 45.2 Å². The van der Waals surface area contributed by atoms with Gasteiger partial charge >= 0.3 is 12.4 Å². The Kier molecular flexibility index (Phi) is 13.1. The van der Waals surface area contributed by atoms with Gasteiger partial charge < -0.3 is 0 Å². The van der Waals surface area contributed by atoms with Gasteiger partial charge in [0, 0.05) is 5.69 Å². The number of hydrogen-bond acceptors (Lipinski definition) is 1. The molecule has 0 bridgehead atoms. The van der Waals surface area contributed by atoms with E-state index in [0.29, 0.717) is 18.6 Å². The summed E-state index contributed by atoms with van der Waals surface area (Å²) in [4.78, 5) is 0. The summed E-state index contributed by atoms with van der Waals surface area (Å²) in [5.41, 5.74) is -2.20. The monoisotopic (exact) mass is 572 g/mol. The van der Waals surface area contributed by atoms with Crippen LogP contribution in [-0.4, -0.2) is 9.78 Å². The molecule has 0 atom stereocenters. The SMILES string of the molecule is CCCCCCCCCCCCCCCCc1cc(C(F)(F)F)nn1-c1c(Cl)cc(C(F)(F)F)cc1Cl. The molecular weight excluding hydrogens is 537 g/mol. The second kappa shape index (κ2) is 15.2. The Labute approximate surface area is 225 Å². The molecule has 1 heterocycles. The van der Waals surface area contributed by atoms with Crippen molar-refractivity contribution in [2.75, 3.05) is 0 Å². The molecule has 0 fully saturated rings. The highest BCUT2D eigenvalue weighted by molar-refractivity contribution is 6.37. The second-order valence-electron chi connectivity index (χ2n) is 9.56. The molecule has 2 nitrogen and oxygen atoms in total. The lowest BCUT2D eigenvalue weighted by Crippen LogP contribution is -2.10. The fourth-order valence-corrected chi connectivity index (χ4v) is 5.01. The van der Waals surface area contributed by atoms with Gasteiger partial charge in [-0.05, 0) is 31.0 Å². The molecule has 2 rings (SSSR count). The van der Waals surface area contributed by atoms with E-state index >= 15 is 0 Å². The van der Waals surface area contributed by atoms with Gasteiger partial charge in [-0.2, -0.15) is 31.4 Å². The quantitative estimate of drug-likeness (QED) is 0.144. The fourth-order valence-electron chi connectivity index (χ4n) is 4.36. The molecule has 0 aliphatic heterocycles. The first-order valence-corrected chi connectivity index (χ1v) is 13.9. The summed E-state index contributed by atoms with van der Waals surface area (Å²) in [5.74, 6) is 0. The van der Waals surface area contributed by atoms with E-state index in [1.54, 1.807) is 0 Å². The van der Waals surface area contributed by atoms with Crippen LogP contribution in [0.4, 0.5) is 26.3 Å². The summed E-state index contributed by atoms with van der Waals surface area (Å²) in [7, 11) is 0.